The predicted molar refractivity (Wildman–Crippen MR) is 57.6 cm³/mol. The van der Waals surface area contributed by atoms with E-state index < -0.39 is 5.97 Å². The Balaban J connectivity index is 2.18. The first-order valence-electron chi connectivity index (χ1n) is 5.40. The molecular weight excluding hydrogens is 190 g/mol. The number of carbonyl (C=O) groups is 1. The molecule has 15 heavy (non-hydrogen) atoms. The lowest BCUT2D eigenvalue weighted by Crippen LogP contribution is -2.26. The summed E-state index contributed by atoms with van der Waals surface area (Å²) in [5, 5.41) is 9.01. The molecule has 0 fully saturated rings. The Morgan fingerprint density at radius 3 is 2.67 bits per heavy atom. The van der Waals surface area contributed by atoms with Gasteiger partial charge >= 0.3 is 5.97 Å². The van der Waals surface area contributed by atoms with Crippen molar-refractivity contribution in [3.63, 3.8) is 0 Å². The normalized spacial score (nSPS) is 17.7. The summed E-state index contributed by atoms with van der Waals surface area (Å²) in [6.45, 7) is 2.19. The summed E-state index contributed by atoms with van der Waals surface area (Å²) in [6.07, 6.45) is 3.18. The van der Waals surface area contributed by atoms with E-state index in [1.807, 2.05) is 12.1 Å². The molecule has 3 heteroatoms. The van der Waals surface area contributed by atoms with Crippen LogP contribution >= 0.6 is 0 Å². The summed E-state index contributed by atoms with van der Waals surface area (Å²) in [5.41, 5.74) is 4.23. The molecule has 0 radical (unpaired) electrons. The monoisotopic (exact) mass is 203 g/mol. The molecule has 1 N–H and O–H groups in total. The van der Waals surface area contributed by atoms with Crippen molar-refractivity contribution in [1.29, 1.82) is 0 Å². The number of nitrogens with zero attached hydrogens (tertiary/aromatic N) is 1. The Kier molecular flexibility index (Phi) is 1.75. The van der Waals surface area contributed by atoms with Crippen molar-refractivity contribution in [2.24, 2.45) is 0 Å². The number of hydrogen-bond donors (Lipinski definition) is 1. The molecule has 0 aromatic heterocycles. The van der Waals surface area contributed by atoms with Crippen LogP contribution in [0.25, 0.3) is 0 Å². The first kappa shape index (κ1) is 8.77. The fraction of sp³-hybridized carbons (Fsp3) is 0.417. The lowest BCUT2D eigenvalue weighted by Gasteiger charge is -2.27. The van der Waals surface area contributed by atoms with Gasteiger partial charge in [-0.15, -0.1) is 0 Å². The molecule has 1 aromatic carbocycles. The SMILES string of the molecule is O=C(O)c1cc2c3c(c1)CCN3CCC2. The largest absolute Gasteiger partial charge is 0.478 e. The lowest BCUT2D eigenvalue weighted by atomic mass is 9.97. The summed E-state index contributed by atoms with van der Waals surface area (Å²) in [5.74, 6) is -0.807. The molecule has 3 nitrogen and oxygen atoms in total. The fourth-order valence-corrected chi connectivity index (χ4v) is 2.72. The molecule has 0 atom stereocenters. The third-order valence-corrected chi connectivity index (χ3v) is 3.36. The van der Waals surface area contributed by atoms with E-state index >= 15 is 0 Å². The Morgan fingerprint density at radius 2 is 1.93 bits per heavy atom. The zero-order valence-electron chi connectivity index (χ0n) is 8.49. The molecule has 2 heterocycles. The molecule has 3 rings (SSSR count). The van der Waals surface area contributed by atoms with Gasteiger partial charge in [-0.25, -0.2) is 4.79 Å². The minimum Gasteiger partial charge on any atom is -0.478 e. The zero-order valence-corrected chi connectivity index (χ0v) is 8.49. The second-order valence-electron chi connectivity index (χ2n) is 4.29. The number of hydrogen-bond acceptors (Lipinski definition) is 2. The van der Waals surface area contributed by atoms with Gasteiger partial charge in [0.1, 0.15) is 0 Å². The van der Waals surface area contributed by atoms with Crippen LogP contribution in [0.3, 0.4) is 0 Å². The maximum absolute atomic E-state index is 11.0. The Hall–Kier alpha value is -1.51. The number of anilines is 1. The van der Waals surface area contributed by atoms with Crippen LogP contribution in [0.15, 0.2) is 12.1 Å². The van der Waals surface area contributed by atoms with Gasteiger partial charge in [0.05, 0.1) is 5.56 Å². The van der Waals surface area contributed by atoms with Crippen LogP contribution in [0, 0.1) is 0 Å². The lowest BCUT2D eigenvalue weighted by molar-refractivity contribution is 0.0696. The van der Waals surface area contributed by atoms with Crippen molar-refractivity contribution in [2.75, 3.05) is 18.0 Å². The Labute approximate surface area is 88.3 Å². The van der Waals surface area contributed by atoms with Crippen molar-refractivity contribution in [3.8, 4) is 0 Å². The van der Waals surface area contributed by atoms with Gasteiger partial charge in [0, 0.05) is 18.8 Å². The quantitative estimate of drug-likeness (QED) is 0.755. The molecule has 0 saturated heterocycles. The van der Waals surface area contributed by atoms with Gasteiger partial charge in [0.2, 0.25) is 0 Å². The number of aromatic carboxylic acids is 1. The van der Waals surface area contributed by atoms with E-state index in [1.54, 1.807) is 0 Å². The smallest absolute Gasteiger partial charge is 0.335 e. The third-order valence-electron chi connectivity index (χ3n) is 3.36. The molecule has 0 amide bonds. The molecule has 78 valence electrons. The Bertz CT molecular complexity index is 439. The number of rotatable bonds is 1. The van der Waals surface area contributed by atoms with Gasteiger partial charge in [-0.05, 0) is 42.5 Å². The standard InChI is InChI=1S/C12H13NO2/c14-12(15)10-6-8-2-1-4-13-5-3-9(7-10)11(8)13/h6-7H,1-5H2,(H,14,15). The minimum absolute atomic E-state index is 0.451. The first-order valence-corrected chi connectivity index (χ1v) is 5.40. The van der Waals surface area contributed by atoms with Crippen LogP contribution in [0.2, 0.25) is 0 Å². The van der Waals surface area contributed by atoms with Crippen molar-refractivity contribution in [3.05, 3.63) is 28.8 Å². The van der Waals surface area contributed by atoms with Crippen molar-refractivity contribution in [2.45, 2.75) is 19.3 Å². The van der Waals surface area contributed by atoms with Crippen molar-refractivity contribution >= 4 is 11.7 Å². The molecule has 0 aliphatic carbocycles. The minimum atomic E-state index is -0.807. The second kappa shape index (κ2) is 2.99. The van der Waals surface area contributed by atoms with Crippen LogP contribution in [-0.4, -0.2) is 24.2 Å². The topological polar surface area (TPSA) is 40.5 Å². The number of benzene rings is 1. The van der Waals surface area contributed by atoms with Gasteiger partial charge in [-0.2, -0.15) is 0 Å². The van der Waals surface area contributed by atoms with Gasteiger partial charge in [-0.1, -0.05) is 0 Å². The summed E-state index contributed by atoms with van der Waals surface area (Å²) in [6, 6.07) is 3.69. The van der Waals surface area contributed by atoms with Crippen LogP contribution in [0.5, 0.6) is 0 Å². The highest BCUT2D eigenvalue weighted by Gasteiger charge is 2.26. The maximum Gasteiger partial charge on any atom is 0.335 e. The molecule has 0 bridgehead atoms. The van der Waals surface area contributed by atoms with Gasteiger partial charge in [0.15, 0.2) is 0 Å². The third kappa shape index (κ3) is 1.23. The molecule has 0 spiro atoms. The van der Waals surface area contributed by atoms with E-state index in [2.05, 4.69) is 4.90 Å². The maximum atomic E-state index is 11.0. The molecule has 1 aromatic rings. The van der Waals surface area contributed by atoms with E-state index in [1.165, 1.54) is 16.8 Å². The Morgan fingerprint density at radius 1 is 1.20 bits per heavy atom. The van der Waals surface area contributed by atoms with Crippen molar-refractivity contribution < 1.29 is 9.90 Å². The van der Waals surface area contributed by atoms with Crippen molar-refractivity contribution in [1.82, 2.24) is 0 Å². The van der Waals surface area contributed by atoms with Crippen LogP contribution in [0.4, 0.5) is 5.69 Å². The summed E-state index contributed by atoms with van der Waals surface area (Å²) in [7, 11) is 0. The molecular formula is C12H13NO2. The molecule has 2 aliphatic heterocycles. The first-order chi connectivity index (χ1) is 7.25. The van der Waals surface area contributed by atoms with Crippen LogP contribution < -0.4 is 4.90 Å². The summed E-state index contributed by atoms with van der Waals surface area (Å²) in [4.78, 5) is 13.3. The average molecular weight is 203 g/mol. The zero-order chi connectivity index (χ0) is 10.4. The average Bonchev–Trinajstić information content (AvgIpc) is 2.64. The van der Waals surface area contributed by atoms with E-state index in [4.69, 9.17) is 5.11 Å². The molecule has 2 aliphatic rings. The van der Waals surface area contributed by atoms with E-state index in [-0.39, 0.29) is 0 Å². The van der Waals surface area contributed by atoms with E-state index in [9.17, 15) is 4.79 Å². The number of aryl methyl sites for hydroxylation is 1. The highest BCUT2D eigenvalue weighted by molar-refractivity contribution is 5.89. The van der Waals surface area contributed by atoms with E-state index in [0.717, 1.165) is 32.4 Å². The molecule has 0 unspecified atom stereocenters. The second-order valence-corrected chi connectivity index (χ2v) is 4.29. The van der Waals surface area contributed by atoms with Crippen LogP contribution in [-0.2, 0) is 12.8 Å². The predicted octanol–water partition coefficient (Wildman–Crippen LogP) is 1.69. The molecule has 0 saturated carbocycles. The number of carboxylic acid groups (broad SMARTS) is 1. The van der Waals surface area contributed by atoms with E-state index in [0.29, 0.717) is 5.56 Å². The van der Waals surface area contributed by atoms with Gasteiger partial charge < -0.3 is 10.0 Å². The van der Waals surface area contributed by atoms with Crippen LogP contribution in [0.1, 0.15) is 27.9 Å². The van der Waals surface area contributed by atoms with Gasteiger partial charge in [0.25, 0.3) is 0 Å². The van der Waals surface area contributed by atoms with Gasteiger partial charge in [-0.3, -0.25) is 0 Å². The number of carboxylic acids is 1. The summed E-state index contributed by atoms with van der Waals surface area (Å²) < 4.78 is 0. The highest BCUT2D eigenvalue weighted by atomic mass is 16.4. The fourth-order valence-electron chi connectivity index (χ4n) is 2.72. The summed E-state index contributed by atoms with van der Waals surface area (Å²) >= 11 is 0. The highest BCUT2D eigenvalue weighted by Crippen LogP contribution is 2.36.